The summed E-state index contributed by atoms with van der Waals surface area (Å²) in [5.41, 5.74) is 0. The van der Waals surface area contributed by atoms with E-state index in [1.165, 1.54) is 10.6 Å². The molecule has 8 heteroatoms. The van der Waals surface area contributed by atoms with Gasteiger partial charge in [-0.15, -0.1) is 0 Å². The quantitative estimate of drug-likeness (QED) is 0.860. The molecule has 2 rings (SSSR count). The lowest BCUT2D eigenvalue weighted by atomic mass is 10.0. The zero-order valence-electron chi connectivity index (χ0n) is 10.6. The topological polar surface area (TPSA) is 88.2 Å². The Morgan fingerprint density at radius 3 is 2.94 bits per heavy atom. The molecule has 1 aliphatic heterocycles. The zero-order valence-corrected chi connectivity index (χ0v) is 11.4. The molecule has 102 valence electrons. The van der Waals surface area contributed by atoms with Crippen molar-refractivity contribution in [2.24, 2.45) is 0 Å². The molecule has 0 spiro atoms. The molecule has 1 N–H and O–H groups in total. The third-order valence-electron chi connectivity index (χ3n) is 3.01. The van der Waals surface area contributed by atoms with Crippen molar-refractivity contribution >= 4 is 10.0 Å². The second kappa shape index (κ2) is 5.33. The van der Waals surface area contributed by atoms with Crippen molar-refractivity contribution < 1.29 is 13.2 Å². The van der Waals surface area contributed by atoms with Gasteiger partial charge in [0.15, 0.2) is 11.6 Å². The summed E-state index contributed by atoms with van der Waals surface area (Å²) in [6.45, 7) is 0.885. The van der Waals surface area contributed by atoms with E-state index >= 15 is 0 Å². The van der Waals surface area contributed by atoms with Crippen molar-refractivity contribution in [1.29, 1.82) is 0 Å². The maximum absolute atomic E-state index is 11.7. The van der Waals surface area contributed by atoms with E-state index in [-0.39, 0.29) is 6.04 Å². The summed E-state index contributed by atoms with van der Waals surface area (Å²) in [6, 6.07) is -0.254. The van der Waals surface area contributed by atoms with Gasteiger partial charge < -0.3 is 4.74 Å². The van der Waals surface area contributed by atoms with Crippen molar-refractivity contribution in [1.82, 2.24) is 19.5 Å². The van der Waals surface area contributed by atoms with Crippen LogP contribution in [0.15, 0.2) is 0 Å². The van der Waals surface area contributed by atoms with Crippen LogP contribution < -0.4 is 0 Å². The van der Waals surface area contributed by atoms with E-state index < -0.39 is 10.0 Å². The normalized spacial score (nSPS) is 22.2. The predicted molar refractivity (Wildman–Crippen MR) is 65.2 cm³/mol. The first kappa shape index (κ1) is 13.4. The van der Waals surface area contributed by atoms with Gasteiger partial charge in [-0.05, 0) is 12.8 Å². The SMILES string of the molecule is COCc1nc(C2CCCCN2S(C)(=O)=O)n[nH]1. The van der Waals surface area contributed by atoms with E-state index in [0.29, 0.717) is 24.8 Å². The Hall–Kier alpha value is -0.990. The summed E-state index contributed by atoms with van der Waals surface area (Å²) in [6.07, 6.45) is 3.87. The monoisotopic (exact) mass is 274 g/mol. The van der Waals surface area contributed by atoms with Gasteiger partial charge in [-0.2, -0.15) is 9.40 Å². The van der Waals surface area contributed by atoms with E-state index in [1.54, 1.807) is 7.11 Å². The molecule has 1 fully saturated rings. The van der Waals surface area contributed by atoms with Crippen molar-refractivity contribution in [3.8, 4) is 0 Å². The van der Waals surface area contributed by atoms with Gasteiger partial charge in [0.05, 0.1) is 12.3 Å². The molecule has 2 heterocycles. The minimum atomic E-state index is -3.22. The summed E-state index contributed by atoms with van der Waals surface area (Å²) in [7, 11) is -1.64. The van der Waals surface area contributed by atoms with Crippen LogP contribution in [0.4, 0.5) is 0 Å². The fourth-order valence-electron chi connectivity index (χ4n) is 2.22. The number of nitrogens with one attached hydrogen (secondary N) is 1. The number of aromatic amines is 1. The van der Waals surface area contributed by atoms with Crippen molar-refractivity contribution in [3.63, 3.8) is 0 Å². The summed E-state index contributed by atoms with van der Waals surface area (Å²) in [5.74, 6) is 1.15. The van der Waals surface area contributed by atoms with Gasteiger partial charge in [0.25, 0.3) is 0 Å². The lowest BCUT2D eigenvalue weighted by Gasteiger charge is -2.31. The van der Waals surface area contributed by atoms with Crippen LogP contribution in [-0.4, -0.2) is 47.8 Å². The molecule has 1 aromatic rings. The number of ether oxygens (including phenoxy) is 1. The Balaban J connectivity index is 2.22. The third-order valence-corrected chi connectivity index (χ3v) is 4.30. The minimum Gasteiger partial charge on any atom is -0.377 e. The van der Waals surface area contributed by atoms with Crippen LogP contribution >= 0.6 is 0 Å². The van der Waals surface area contributed by atoms with Crippen LogP contribution in [0.25, 0.3) is 0 Å². The molecule has 1 aromatic heterocycles. The van der Waals surface area contributed by atoms with Crippen molar-refractivity contribution in [3.05, 3.63) is 11.6 Å². The summed E-state index contributed by atoms with van der Waals surface area (Å²) in [5, 5.41) is 6.87. The highest BCUT2D eigenvalue weighted by molar-refractivity contribution is 7.88. The fraction of sp³-hybridized carbons (Fsp3) is 0.800. The number of hydrogen-bond donors (Lipinski definition) is 1. The molecule has 0 saturated carbocycles. The van der Waals surface area contributed by atoms with Gasteiger partial charge in [0.1, 0.15) is 6.61 Å². The lowest BCUT2D eigenvalue weighted by molar-refractivity contribution is 0.177. The van der Waals surface area contributed by atoms with Gasteiger partial charge in [0, 0.05) is 13.7 Å². The van der Waals surface area contributed by atoms with Crippen LogP contribution in [0.3, 0.4) is 0 Å². The van der Waals surface area contributed by atoms with Crippen molar-refractivity contribution in [2.75, 3.05) is 19.9 Å². The average Bonchev–Trinajstić information content (AvgIpc) is 2.77. The molecule has 18 heavy (non-hydrogen) atoms. The average molecular weight is 274 g/mol. The number of hydrogen-bond acceptors (Lipinski definition) is 5. The number of methoxy groups -OCH3 is 1. The van der Waals surface area contributed by atoms with E-state index in [2.05, 4.69) is 15.2 Å². The molecule has 1 saturated heterocycles. The molecule has 0 amide bonds. The number of sulfonamides is 1. The Morgan fingerprint density at radius 2 is 2.28 bits per heavy atom. The van der Waals surface area contributed by atoms with E-state index in [4.69, 9.17) is 4.74 Å². The number of piperidine rings is 1. The molecule has 1 aliphatic rings. The highest BCUT2D eigenvalue weighted by Gasteiger charge is 2.33. The first-order valence-electron chi connectivity index (χ1n) is 5.89. The number of aromatic nitrogens is 3. The molecule has 1 atom stereocenters. The molecule has 7 nitrogen and oxygen atoms in total. The van der Waals surface area contributed by atoms with Gasteiger partial charge in [-0.25, -0.2) is 13.4 Å². The molecule has 1 unspecified atom stereocenters. The van der Waals surface area contributed by atoms with Gasteiger partial charge in [-0.3, -0.25) is 5.10 Å². The molecule has 0 aromatic carbocycles. The molecular formula is C10H18N4O3S. The predicted octanol–water partition coefficient (Wildman–Crippen LogP) is 0.438. The summed E-state index contributed by atoms with van der Waals surface area (Å²) < 4.78 is 29.9. The maximum Gasteiger partial charge on any atom is 0.211 e. The lowest BCUT2D eigenvalue weighted by Crippen LogP contribution is -2.38. The first-order valence-corrected chi connectivity index (χ1v) is 7.74. The second-order valence-corrected chi connectivity index (χ2v) is 6.39. The Bertz CT molecular complexity index is 499. The van der Waals surface area contributed by atoms with Gasteiger partial charge in [-0.1, -0.05) is 6.42 Å². The van der Waals surface area contributed by atoms with Crippen LogP contribution in [0.5, 0.6) is 0 Å². The smallest absolute Gasteiger partial charge is 0.211 e. The first-order chi connectivity index (χ1) is 8.52. The third kappa shape index (κ3) is 2.88. The molecule has 0 bridgehead atoms. The second-order valence-electron chi connectivity index (χ2n) is 4.46. The van der Waals surface area contributed by atoms with Crippen molar-refractivity contribution in [2.45, 2.75) is 31.9 Å². The highest BCUT2D eigenvalue weighted by atomic mass is 32.2. The fourth-order valence-corrected chi connectivity index (χ4v) is 3.34. The van der Waals surface area contributed by atoms with Crippen LogP contribution in [0, 0.1) is 0 Å². The zero-order chi connectivity index (χ0) is 13.2. The largest absolute Gasteiger partial charge is 0.377 e. The number of rotatable bonds is 4. The van der Waals surface area contributed by atoms with E-state index in [1.807, 2.05) is 0 Å². The molecule has 0 radical (unpaired) electrons. The Kier molecular flexibility index (Phi) is 3.98. The van der Waals surface area contributed by atoms with Crippen LogP contribution in [0.2, 0.25) is 0 Å². The van der Waals surface area contributed by atoms with E-state index in [0.717, 1.165) is 19.3 Å². The standard InChI is InChI=1S/C10H18N4O3S/c1-17-7-9-11-10(13-12-9)8-5-3-4-6-14(8)18(2,15)16/h8H,3-7H2,1-2H3,(H,11,12,13). The Morgan fingerprint density at radius 1 is 1.50 bits per heavy atom. The number of nitrogens with zero attached hydrogens (tertiary/aromatic N) is 3. The van der Waals surface area contributed by atoms with Gasteiger partial charge >= 0.3 is 0 Å². The minimum absolute atomic E-state index is 0.254. The van der Waals surface area contributed by atoms with E-state index in [9.17, 15) is 8.42 Å². The van der Waals surface area contributed by atoms with Crippen LogP contribution in [0.1, 0.15) is 37.0 Å². The Labute approximate surface area is 107 Å². The van der Waals surface area contributed by atoms with Crippen LogP contribution in [-0.2, 0) is 21.4 Å². The summed E-state index contributed by atoms with van der Waals surface area (Å²) >= 11 is 0. The number of H-pyrrole nitrogens is 1. The maximum atomic E-state index is 11.7. The summed E-state index contributed by atoms with van der Waals surface area (Å²) in [4.78, 5) is 4.29. The highest BCUT2D eigenvalue weighted by Crippen LogP contribution is 2.30. The molecule has 0 aliphatic carbocycles. The molecular weight excluding hydrogens is 256 g/mol. The van der Waals surface area contributed by atoms with Gasteiger partial charge in [0.2, 0.25) is 10.0 Å².